The number of rotatable bonds is 1. The lowest BCUT2D eigenvalue weighted by Crippen LogP contribution is -2.52. The van der Waals surface area contributed by atoms with Gasteiger partial charge in [0, 0.05) is 17.5 Å². The van der Waals surface area contributed by atoms with Crippen LogP contribution < -0.4 is 5.32 Å². The molecule has 0 bridgehead atoms. The molecule has 2 heterocycles. The van der Waals surface area contributed by atoms with Crippen LogP contribution in [0.4, 0.5) is 0 Å². The van der Waals surface area contributed by atoms with Gasteiger partial charge in [-0.15, -0.1) is 0 Å². The lowest BCUT2D eigenvalue weighted by molar-refractivity contribution is -0.142. The van der Waals surface area contributed by atoms with E-state index in [0.717, 1.165) is 11.3 Å². The second-order valence-electron chi connectivity index (χ2n) is 6.31. The summed E-state index contributed by atoms with van der Waals surface area (Å²) in [5.74, 6) is -0.729. The largest absolute Gasteiger partial charge is 0.299 e. The standard InChI is InChI=1S/C16H18N2O3/c1-16(2)7-5-10-9-14(20)18(11(10)6-8-16)12-3-4-13(19)17-15(12)21/h5-8,12H,3-4,9H2,1-2H3,(H,17,19,21). The quantitative estimate of drug-likeness (QED) is 0.742. The third-order valence-electron chi connectivity index (χ3n) is 4.11. The number of nitrogens with zero attached hydrogens (tertiary/aromatic N) is 1. The zero-order chi connectivity index (χ0) is 15.2. The molecule has 0 saturated carbocycles. The Morgan fingerprint density at radius 2 is 1.90 bits per heavy atom. The van der Waals surface area contributed by atoms with Crippen molar-refractivity contribution in [3.8, 4) is 0 Å². The summed E-state index contributed by atoms with van der Waals surface area (Å²) in [6.07, 6.45) is 8.95. The lowest BCUT2D eigenvalue weighted by Gasteiger charge is -2.31. The summed E-state index contributed by atoms with van der Waals surface area (Å²) in [6, 6.07) is -0.582. The van der Waals surface area contributed by atoms with Gasteiger partial charge in [-0.1, -0.05) is 32.1 Å². The first-order valence-electron chi connectivity index (χ1n) is 7.15. The Bertz CT molecular complexity index is 625. The number of nitrogens with one attached hydrogen (secondary N) is 1. The Balaban J connectivity index is 1.94. The second kappa shape index (κ2) is 4.69. The fourth-order valence-electron chi connectivity index (χ4n) is 2.89. The van der Waals surface area contributed by atoms with Crippen LogP contribution in [-0.4, -0.2) is 28.7 Å². The summed E-state index contributed by atoms with van der Waals surface area (Å²) in [5, 5.41) is 2.32. The number of amides is 3. The molecule has 1 fully saturated rings. The minimum absolute atomic E-state index is 0.0795. The Kier molecular flexibility index (Phi) is 3.08. The zero-order valence-electron chi connectivity index (χ0n) is 12.2. The highest BCUT2D eigenvalue weighted by Crippen LogP contribution is 2.35. The van der Waals surface area contributed by atoms with E-state index in [9.17, 15) is 14.4 Å². The van der Waals surface area contributed by atoms with Gasteiger partial charge in [0.25, 0.3) is 0 Å². The first kappa shape index (κ1) is 13.8. The monoisotopic (exact) mass is 286 g/mol. The van der Waals surface area contributed by atoms with E-state index in [0.29, 0.717) is 12.8 Å². The first-order chi connectivity index (χ1) is 9.87. The molecule has 5 heteroatoms. The van der Waals surface area contributed by atoms with E-state index in [2.05, 4.69) is 25.2 Å². The molecule has 5 nitrogen and oxygen atoms in total. The first-order valence-corrected chi connectivity index (χ1v) is 7.15. The van der Waals surface area contributed by atoms with Crippen molar-refractivity contribution in [2.24, 2.45) is 5.41 Å². The normalized spacial score (nSPS) is 27.8. The van der Waals surface area contributed by atoms with Crippen LogP contribution in [0.3, 0.4) is 0 Å². The number of hydrogen-bond donors (Lipinski definition) is 1. The molecule has 2 aliphatic heterocycles. The number of hydrogen-bond acceptors (Lipinski definition) is 3. The van der Waals surface area contributed by atoms with Gasteiger partial charge in [0.2, 0.25) is 17.7 Å². The van der Waals surface area contributed by atoms with Crippen LogP contribution >= 0.6 is 0 Å². The SMILES string of the molecule is CC1(C)C=CC2=C(C=C1)N(C1CCC(=O)NC1=O)C(=O)C2. The van der Waals surface area contributed by atoms with Gasteiger partial charge in [-0.25, -0.2) is 0 Å². The molecule has 0 aromatic carbocycles. The average Bonchev–Trinajstić information content (AvgIpc) is 2.63. The smallest absolute Gasteiger partial charge is 0.249 e. The van der Waals surface area contributed by atoms with Crippen LogP contribution in [-0.2, 0) is 14.4 Å². The minimum Gasteiger partial charge on any atom is -0.299 e. The van der Waals surface area contributed by atoms with Gasteiger partial charge in [-0.3, -0.25) is 24.6 Å². The van der Waals surface area contributed by atoms with Crippen molar-refractivity contribution in [2.45, 2.75) is 39.2 Å². The topological polar surface area (TPSA) is 66.5 Å². The fourth-order valence-corrected chi connectivity index (χ4v) is 2.89. The molecule has 1 atom stereocenters. The third kappa shape index (κ3) is 2.44. The Hall–Kier alpha value is -2.17. The Morgan fingerprint density at radius 1 is 1.19 bits per heavy atom. The van der Waals surface area contributed by atoms with E-state index < -0.39 is 6.04 Å². The van der Waals surface area contributed by atoms with Gasteiger partial charge in [0.15, 0.2) is 0 Å². The van der Waals surface area contributed by atoms with Crippen LogP contribution in [0, 0.1) is 5.41 Å². The summed E-state index contributed by atoms with van der Waals surface area (Å²) in [4.78, 5) is 37.1. The van der Waals surface area contributed by atoms with E-state index in [-0.39, 0.29) is 29.6 Å². The second-order valence-corrected chi connectivity index (χ2v) is 6.31. The molecule has 110 valence electrons. The molecule has 0 aromatic rings. The lowest BCUT2D eigenvalue weighted by atomic mass is 9.93. The maximum absolute atomic E-state index is 12.3. The van der Waals surface area contributed by atoms with Gasteiger partial charge < -0.3 is 0 Å². The van der Waals surface area contributed by atoms with Gasteiger partial charge in [0.1, 0.15) is 6.04 Å². The Morgan fingerprint density at radius 3 is 2.62 bits per heavy atom. The van der Waals surface area contributed by atoms with Crippen molar-refractivity contribution in [3.05, 3.63) is 35.6 Å². The summed E-state index contributed by atoms with van der Waals surface area (Å²) in [5.41, 5.74) is 1.65. The summed E-state index contributed by atoms with van der Waals surface area (Å²) in [7, 11) is 0. The molecule has 1 saturated heterocycles. The maximum Gasteiger partial charge on any atom is 0.249 e. The van der Waals surface area contributed by atoms with E-state index in [1.807, 2.05) is 18.2 Å². The zero-order valence-corrected chi connectivity index (χ0v) is 12.2. The number of piperidine rings is 1. The van der Waals surface area contributed by atoms with Crippen LogP contribution in [0.2, 0.25) is 0 Å². The number of carbonyl (C=O) groups excluding carboxylic acids is 3. The van der Waals surface area contributed by atoms with Crippen LogP contribution in [0.25, 0.3) is 0 Å². The van der Waals surface area contributed by atoms with Crippen LogP contribution in [0.1, 0.15) is 33.1 Å². The predicted molar refractivity (Wildman–Crippen MR) is 76.7 cm³/mol. The number of imide groups is 1. The molecule has 0 aromatic heterocycles. The van der Waals surface area contributed by atoms with Crippen molar-refractivity contribution in [2.75, 3.05) is 0 Å². The Labute approximate surface area is 123 Å². The van der Waals surface area contributed by atoms with Crippen LogP contribution in [0.15, 0.2) is 35.6 Å². The molecule has 3 rings (SSSR count). The summed E-state index contributed by atoms with van der Waals surface area (Å²) >= 11 is 0. The summed E-state index contributed by atoms with van der Waals surface area (Å²) < 4.78 is 0. The van der Waals surface area contributed by atoms with E-state index in [1.54, 1.807) is 4.90 Å². The average molecular weight is 286 g/mol. The highest BCUT2D eigenvalue weighted by molar-refractivity contribution is 6.02. The number of carbonyl (C=O) groups is 3. The fraction of sp³-hybridized carbons (Fsp3) is 0.438. The molecule has 3 amide bonds. The molecular formula is C16H18N2O3. The van der Waals surface area contributed by atoms with Crippen LogP contribution in [0.5, 0.6) is 0 Å². The van der Waals surface area contributed by atoms with Gasteiger partial charge in [0.05, 0.1) is 6.42 Å². The van der Waals surface area contributed by atoms with E-state index in [1.165, 1.54) is 0 Å². The third-order valence-corrected chi connectivity index (χ3v) is 4.11. The molecular weight excluding hydrogens is 268 g/mol. The number of allylic oxidation sites excluding steroid dienone is 4. The highest BCUT2D eigenvalue weighted by atomic mass is 16.2. The van der Waals surface area contributed by atoms with Gasteiger partial charge >= 0.3 is 0 Å². The molecule has 1 unspecified atom stereocenters. The molecule has 21 heavy (non-hydrogen) atoms. The van der Waals surface area contributed by atoms with Crippen molar-refractivity contribution in [1.82, 2.24) is 10.2 Å². The minimum atomic E-state index is -0.582. The van der Waals surface area contributed by atoms with E-state index >= 15 is 0 Å². The molecule has 1 aliphatic carbocycles. The van der Waals surface area contributed by atoms with Gasteiger partial charge in [-0.05, 0) is 18.1 Å². The van der Waals surface area contributed by atoms with Gasteiger partial charge in [-0.2, -0.15) is 0 Å². The predicted octanol–water partition coefficient (Wildman–Crippen LogP) is 1.43. The van der Waals surface area contributed by atoms with Crippen molar-refractivity contribution in [3.63, 3.8) is 0 Å². The molecule has 3 aliphatic rings. The van der Waals surface area contributed by atoms with E-state index in [4.69, 9.17) is 0 Å². The summed E-state index contributed by atoms with van der Waals surface area (Å²) in [6.45, 7) is 4.17. The molecule has 0 spiro atoms. The molecule has 1 N–H and O–H groups in total. The van der Waals surface area contributed by atoms with Crippen molar-refractivity contribution >= 4 is 17.7 Å². The highest BCUT2D eigenvalue weighted by Gasteiger charge is 2.40. The van der Waals surface area contributed by atoms with Crippen molar-refractivity contribution < 1.29 is 14.4 Å². The maximum atomic E-state index is 12.3. The molecule has 0 radical (unpaired) electrons. The van der Waals surface area contributed by atoms with Crippen molar-refractivity contribution in [1.29, 1.82) is 0 Å².